The van der Waals surface area contributed by atoms with Gasteiger partial charge >= 0.3 is 8.69 Å². The molecule has 1 heterocycles. The molecule has 2 aromatic carbocycles. The third-order valence-corrected chi connectivity index (χ3v) is 12.1. The van der Waals surface area contributed by atoms with Gasteiger partial charge in [-0.3, -0.25) is 0 Å². The number of hydrogen-bond donors (Lipinski definition) is 0. The van der Waals surface area contributed by atoms with Gasteiger partial charge in [0.15, 0.2) is 0 Å². The van der Waals surface area contributed by atoms with Crippen molar-refractivity contribution in [2.45, 2.75) is 220 Å². The molecular formula is C46H76FO2P. The second-order valence-corrected chi connectivity index (χ2v) is 19.8. The SMILES string of the molecule is CCCCCCCCCC(C)(C)c1cc(C(C)(C)C)cc2c1OP(F)Oc1c(cc(C(C)(C)C)cc1C(C)(C)CCCCCCCCC)C2C. The molecule has 0 fully saturated rings. The summed E-state index contributed by atoms with van der Waals surface area (Å²) < 4.78 is 29.3. The summed E-state index contributed by atoms with van der Waals surface area (Å²) in [4.78, 5) is 0. The zero-order valence-electron chi connectivity index (χ0n) is 34.8. The minimum Gasteiger partial charge on any atom is -0.414 e. The average molecular weight is 711 g/mol. The number of rotatable bonds is 18. The van der Waals surface area contributed by atoms with Gasteiger partial charge in [0.2, 0.25) is 0 Å². The second kappa shape index (κ2) is 18.4. The predicted octanol–water partition coefficient (Wildman–Crippen LogP) is 16.2. The lowest BCUT2D eigenvalue weighted by atomic mass is 9.72. The van der Waals surface area contributed by atoms with Crippen LogP contribution in [0.4, 0.5) is 4.20 Å². The van der Waals surface area contributed by atoms with Crippen LogP contribution in [0, 0.1) is 0 Å². The zero-order chi connectivity index (χ0) is 37.3. The van der Waals surface area contributed by atoms with Gasteiger partial charge in [0.25, 0.3) is 0 Å². The summed E-state index contributed by atoms with van der Waals surface area (Å²) in [5, 5.41) is 0. The highest BCUT2D eigenvalue weighted by Crippen LogP contribution is 2.56. The van der Waals surface area contributed by atoms with Crippen LogP contribution in [0.2, 0.25) is 0 Å². The summed E-state index contributed by atoms with van der Waals surface area (Å²) >= 11 is 0. The van der Waals surface area contributed by atoms with Crippen LogP contribution in [0.1, 0.15) is 232 Å². The molecule has 0 spiro atoms. The van der Waals surface area contributed by atoms with Crippen molar-refractivity contribution >= 4 is 8.69 Å². The fraction of sp³-hybridized carbons (Fsp3) is 0.739. The lowest BCUT2D eigenvalue weighted by Gasteiger charge is -2.37. The van der Waals surface area contributed by atoms with Gasteiger partial charge in [-0.15, -0.1) is 4.20 Å². The van der Waals surface area contributed by atoms with Crippen LogP contribution in [0.25, 0.3) is 0 Å². The highest BCUT2D eigenvalue weighted by Gasteiger charge is 2.38. The lowest BCUT2D eigenvalue weighted by molar-refractivity contribution is 0.383. The molecule has 0 saturated heterocycles. The predicted molar refractivity (Wildman–Crippen MR) is 218 cm³/mol. The standard InChI is InChI=1S/C46H76FO2P/c1-14-16-18-20-22-24-26-28-45(10,11)39-32-35(43(4,5)6)30-37-34(3)38-31-36(44(7,8)9)33-40(42(38)49-50(47)48-41(37)39)46(12,13)29-27-25-23-21-19-17-15-2/h30-34H,14-29H2,1-13H3. The van der Waals surface area contributed by atoms with E-state index in [4.69, 9.17) is 9.05 Å². The van der Waals surface area contributed by atoms with Gasteiger partial charge in [0, 0.05) is 28.2 Å². The Kier molecular flexibility index (Phi) is 15.8. The smallest absolute Gasteiger partial charge is 0.414 e. The molecule has 0 bridgehead atoms. The Bertz CT molecular complexity index is 1240. The first-order valence-corrected chi connectivity index (χ1v) is 21.6. The fourth-order valence-corrected chi connectivity index (χ4v) is 8.40. The van der Waals surface area contributed by atoms with Crippen LogP contribution in [0.15, 0.2) is 24.3 Å². The van der Waals surface area contributed by atoms with E-state index in [1.165, 1.54) is 101 Å². The number of benzene rings is 2. The number of hydrogen-bond acceptors (Lipinski definition) is 2. The van der Waals surface area contributed by atoms with E-state index in [0.29, 0.717) is 11.5 Å². The fourth-order valence-electron chi connectivity index (χ4n) is 7.67. The molecule has 0 saturated carbocycles. The Labute approximate surface area is 310 Å². The molecule has 284 valence electrons. The topological polar surface area (TPSA) is 18.5 Å². The largest absolute Gasteiger partial charge is 0.505 e. The number of fused-ring (bicyclic) bond motifs is 2. The third kappa shape index (κ3) is 11.7. The van der Waals surface area contributed by atoms with Crippen molar-refractivity contribution in [3.63, 3.8) is 0 Å². The zero-order valence-corrected chi connectivity index (χ0v) is 35.7. The van der Waals surface area contributed by atoms with E-state index in [-0.39, 0.29) is 27.6 Å². The van der Waals surface area contributed by atoms with Gasteiger partial charge in [-0.2, -0.15) is 0 Å². The van der Waals surface area contributed by atoms with Crippen LogP contribution < -0.4 is 9.05 Å². The molecule has 0 atom stereocenters. The quantitative estimate of drug-likeness (QED) is 0.113. The molecule has 0 radical (unpaired) electrons. The minimum absolute atomic E-state index is 0.0190. The summed E-state index contributed by atoms with van der Waals surface area (Å²) in [7, 11) is -2.68. The van der Waals surface area contributed by atoms with Crippen molar-refractivity contribution < 1.29 is 13.2 Å². The minimum atomic E-state index is -2.68. The van der Waals surface area contributed by atoms with E-state index in [2.05, 4.69) is 114 Å². The van der Waals surface area contributed by atoms with Crippen molar-refractivity contribution in [3.05, 3.63) is 57.6 Å². The van der Waals surface area contributed by atoms with Crippen LogP contribution in [-0.2, 0) is 21.7 Å². The first kappa shape index (κ1) is 42.8. The maximum Gasteiger partial charge on any atom is 0.505 e. The highest BCUT2D eigenvalue weighted by atomic mass is 31.2. The van der Waals surface area contributed by atoms with Crippen LogP contribution in [-0.4, -0.2) is 0 Å². The van der Waals surface area contributed by atoms with Gasteiger partial charge in [0.05, 0.1) is 0 Å². The summed E-state index contributed by atoms with van der Waals surface area (Å²) in [6.45, 7) is 29.9. The van der Waals surface area contributed by atoms with E-state index in [9.17, 15) is 0 Å². The Morgan fingerprint density at radius 1 is 0.520 bits per heavy atom. The summed E-state index contributed by atoms with van der Waals surface area (Å²) in [5.41, 5.74) is 6.57. The van der Waals surface area contributed by atoms with Crippen molar-refractivity contribution in [2.75, 3.05) is 0 Å². The number of halogens is 1. The van der Waals surface area contributed by atoms with Crippen LogP contribution in [0.3, 0.4) is 0 Å². The van der Waals surface area contributed by atoms with Crippen LogP contribution >= 0.6 is 8.69 Å². The van der Waals surface area contributed by atoms with E-state index in [1.807, 2.05) is 0 Å². The number of unbranched alkanes of at least 4 members (excludes halogenated alkanes) is 12. The first-order chi connectivity index (χ1) is 23.3. The molecule has 1 aliphatic rings. The molecular weight excluding hydrogens is 634 g/mol. The molecule has 50 heavy (non-hydrogen) atoms. The molecule has 2 aromatic rings. The van der Waals surface area contributed by atoms with E-state index in [1.54, 1.807) is 0 Å². The van der Waals surface area contributed by atoms with Gasteiger partial charge < -0.3 is 9.05 Å². The highest BCUT2D eigenvalue weighted by molar-refractivity contribution is 7.42. The molecule has 4 heteroatoms. The van der Waals surface area contributed by atoms with Gasteiger partial charge in [0.1, 0.15) is 11.5 Å². The van der Waals surface area contributed by atoms with Crippen LogP contribution in [0.5, 0.6) is 11.5 Å². The normalized spacial score (nSPS) is 17.0. The molecule has 0 amide bonds. The maximum absolute atomic E-state index is 16.4. The summed E-state index contributed by atoms with van der Waals surface area (Å²) in [6.07, 6.45) is 20.0. The molecule has 0 unspecified atom stereocenters. The molecule has 0 N–H and O–H groups in total. The summed E-state index contributed by atoms with van der Waals surface area (Å²) in [6, 6.07) is 9.28. The monoisotopic (exact) mass is 711 g/mol. The first-order valence-electron chi connectivity index (χ1n) is 20.5. The van der Waals surface area contributed by atoms with E-state index in [0.717, 1.165) is 35.1 Å². The van der Waals surface area contributed by atoms with E-state index < -0.39 is 8.69 Å². The van der Waals surface area contributed by atoms with Crippen molar-refractivity contribution in [1.82, 2.24) is 0 Å². The Morgan fingerprint density at radius 3 is 1.16 bits per heavy atom. The van der Waals surface area contributed by atoms with Crippen molar-refractivity contribution in [1.29, 1.82) is 0 Å². The second-order valence-electron chi connectivity index (χ2n) is 19.0. The Hall–Kier alpha value is -1.60. The lowest BCUT2D eigenvalue weighted by Crippen LogP contribution is -2.24. The van der Waals surface area contributed by atoms with Gasteiger partial charge in [-0.25, -0.2) is 0 Å². The maximum atomic E-state index is 16.4. The van der Waals surface area contributed by atoms with Gasteiger partial charge in [-0.1, -0.05) is 204 Å². The van der Waals surface area contributed by atoms with Crippen molar-refractivity contribution in [2.24, 2.45) is 0 Å². The molecule has 2 nitrogen and oxygen atoms in total. The molecule has 0 aromatic heterocycles. The van der Waals surface area contributed by atoms with Crippen molar-refractivity contribution in [3.8, 4) is 11.5 Å². The molecule has 1 aliphatic heterocycles. The third-order valence-electron chi connectivity index (χ3n) is 11.5. The Balaban J connectivity index is 2.10. The molecule has 0 aliphatic carbocycles. The molecule has 3 rings (SSSR count). The van der Waals surface area contributed by atoms with Gasteiger partial charge in [-0.05, 0) is 45.6 Å². The van der Waals surface area contributed by atoms with E-state index >= 15 is 4.20 Å². The summed E-state index contributed by atoms with van der Waals surface area (Å²) in [5.74, 6) is 1.40. The average Bonchev–Trinajstić information content (AvgIpc) is 3.01. The Morgan fingerprint density at radius 2 is 0.840 bits per heavy atom.